The van der Waals surface area contributed by atoms with Crippen LogP contribution in [0.15, 0.2) is 133 Å². The molecule has 1 N–H and O–H groups in total. The minimum atomic E-state index is 0.720. The Labute approximate surface area is 375 Å². The third kappa shape index (κ3) is 10.9. The third-order valence-corrected chi connectivity index (χ3v) is 15.6. The van der Waals surface area contributed by atoms with E-state index in [1.54, 1.807) is 0 Å². The van der Waals surface area contributed by atoms with E-state index in [1.807, 2.05) is 0 Å². The largest absolute Gasteiger partial charge is 0.384 e. The van der Waals surface area contributed by atoms with Crippen LogP contribution in [0.25, 0.3) is 27.8 Å². The minimum absolute atomic E-state index is 0.720. The highest BCUT2D eigenvalue weighted by atomic mass is 14.9. The maximum atomic E-state index is 4.04. The molecule has 5 aromatic rings. The average Bonchev–Trinajstić information content (AvgIpc) is 3.36. The average molecular weight is 820 g/mol. The molecule has 4 saturated carbocycles. The fourth-order valence-corrected chi connectivity index (χ4v) is 11.7. The van der Waals surface area contributed by atoms with Gasteiger partial charge in [0.1, 0.15) is 0 Å². The zero-order chi connectivity index (χ0) is 41.9. The molecule has 0 radical (unpaired) electrons. The standard InChI is InChI=1S/C61H73N/c1-2-47(52-27-29-54(30-28-52)49-17-9-4-10-18-49)43-61(41-45-23-25-53(26-24-45)48-15-7-3-8-16-48)62-44-46-39-59(57-35-31-55(32-36-57)50-19-11-5-12-20-50)42-60(40-46)58-37-33-56(34-38-58)51-21-13-6-14-22-51/h2,23-40,42-43,48-51,62H,3-22,41,44H2,1H3/b47-2+,61-43+. The molecule has 0 atom stereocenters. The van der Waals surface area contributed by atoms with Crippen LogP contribution in [0.4, 0.5) is 0 Å². The number of nitrogens with one attached hydrogen (secondary N) is 1. The van der Waals surface area contributed by atoms with Crippen molar-refractivity contribution in [2.75, 3.05) is 0 Å². The molecular formula is C61H73N. The fourth-order valence-electron chi connectivity index (χ4n) is 11.7. The quantitative estimate of drug-likeness (QED) is 0.117. The Morgan fingerprint density at radius 2 is 0.790 bits per heavy atom. The first-order valence-corrected chi connectivity index (χ1v) is 25.3. The van der Waals surface area contributed by atoms with E-state index in [-0.39, 0.29) is 0 Å². The van der Waals surface area contributed by atoms with Gasteiger partial charge in [0.25, 0.3) is 0 Å². The highest BCUT2D eigenvalue weighted by Crippen LogP contribution is 2.38. The molecule has 0 spiro atoms. The number of benzene rings is 5. The molecule has 322 valence electrons. The molecule has 0 aliphatic heterocycles. The second kappa shape index (κ2) is 21.2. The van der Waals surface area contributed by atoms with Gasteiger partial charge in [0.2, 0.25) is 0 Å². The molecule has 1 nitrogen and oxygen atoms in total. The predicted molar refractivity (Wildman–Crippen MR) is 266 cm³/mol. The van der Waals surface area contributed by atoms with Crippen molar-refractivity contribution in [2.45, 2.75) is 172 Å². The van der Waals surface area contributed by atoms with E-state index in [0.717, 1.165) is 36.6 Å². The van der Waals surface area contributed by atoms with E-state index in [4.69, 9.17) is 0 Å². The van der Waals surface area contributed by atoms with Crippen molar-refractivity contribution in [3.05, 3.63) is 172 Å². The molecule has 1 heteroatoms. The molecule has 4 fully saturated rings. The lowest BCUT2D eigenvalue weighted by Gasteiger charge is -2.22. The maximum Gasteiger partial charge on any atom is 0.0398 e. The predicted octanol–water partition coefficient (Wildman–Crippen LogP) is 17.5. The van der Waals surface area contributed by atoms with Crippen LogP contribution >= 0.6 is 0 Å². The SMILES string of the molecule is C/C=C(\C=C(/Cc1ccc(C2CCCCC2)cc1)NCc1cc(-c2ccc(C3CCCCC3)cc2)cc(-c2ccc(C3CCCCC3)cc2)c1)c1ccc(C2CCCCC2)cc1. The van der Waals surface area contributed by atoms with Crippen molar-refractivity contribution in [3.63, 3.8) is 0 Å². The van der Waals surface area contributed by atoms with Crippen molar-refractivity contribution >= 4 is 5.57 Å². The van der Waals surface area contributed by atoms with Crippen molar-refractivity contribution in [1.82, 2.24) is 5.32 Å². The summed E-state index contributed by atoms with van der Waals surface area (Å²) in [7, 11) is 0. The van der Waals surface area contributed by atoms with Crippen molar-refractivity contribution in [1.29, 1.82) is 0 Å². The molecule has 0 amide bonds. The van der Waals surface area contributed by atoms with Crippen LogP contribution in [0.3, 0.4) is 0 Å². The number of hydrogen-bond donors (Lipinski definition) is 1. The molecule has 62 heavy (non-hydrogen) atoms. The second-order valence-electron chi connectivity index (χ2n) is 19.8. The van der Waals surface area contributed by atoms with Gasteiger partial charge in [0.15, 0.2) is 0 Å². The highest BCUT2D eigenvalue weighted by Gasteiger charge is 2.19. The van der Waals surface area contributed by atoms with Gasteiger partial charge in [0, 0.05) is 18.7 Å². The summed E-state index contributed by atoms with van der Waals surface area (Å²) in [6, 6.07) is 45.9. The van der Waals surface area contributed by atoms with Gasteiger partial charge in [-0.2, -0.15) is 0 Å². The molecule has 4 aliphatic carbocycles. The Balaban J connectivity index is 1.01. The molecule has 0 saturated heterocycles. The first-order valence-electron chi connectivity index (χ1n) is 25.3. The van der Waals surface area contributed by atoms with Crippen LogP contribution in [-0.2, 0) is 13.0 Å². The van der Waals surface area contributed by atoms with Crippen LogP contribution in [0.2, 0.25) is 0 Å². The van der Waals surface area contributed by atoms with Gasteiger partial charge in [-0.3, -0.25) is 0 Å². The monoisotopic (exact) mass is 820 g/mol. The normalized spacial score (nSPS) is 19.1. The Kier molecular flexibility index (Phi) is 14.6. The topological polar surface area (TPSA) is 12.0 Å². The lowest BCUT2D eigenvalue weighted by molar-refractivity contribution is 0.443. The number of allylic oxidation sites excluding steroid dienone is 4. The molecule has 0 bridgehead atoms. The number of hydrogen-bond acceptors (Lipinski definition) is 1. The van der Waals surface area contributed by atoms with Gasteiger partial charge in [-0.15, -0.1) is 0 Å². The summed E-state index contributed by atoms with van der Waals surface area (Å²) < 4.78 is 0. The molecular weight excluding hydrogens is 747 g/mol. The molecule has 0 aromatic heterocycles. The first kappa shape index (κ1) is 42.7. The minimum Gasteiger partial charge on any atom is -0.384 e. The van der Waals surface area contributed by atoms with Crippen molar-refractivity contribution in [3.8, 4) is 22.3 Å². The summed E-state index contributed by atoms with van der Waals surface area (Å²) >= 11 is 0. The van der Waals surface area contributed by atoms with Gasteiger partial charge in [-0.05, 0) is 173 Å². The third-order valence-electron chi connectivity index (χ3n) is 15.6. The van der Waals surface area contributed by atoms with Gasteiger partial charge in [0.05, 0.1) is 0 Å². The van der Waals surface area contributed by atoms with Gasteiger partial charge in [-0.25, -0.2) is 0 Å². The zero-order valence-electron chi connectivity index (χ0n) is 38.0. The molecule has 5 aromatic carbocycles. The van der Waals surface area contributed by atoms with Crippen LogP contribution in [0.5, 0.6) is 0 Å². The van der Waals surface area contributed by atoms with E-state index in [0.29, 0.717) is 0 Å². The first-order chi connectivity index (χ1) is 30.6. The summed E-state index contributed by atoms with van der Waals surface area (Å²) in [4.78, 5) is 0. The van der Waals surface area contributed by atoms with Gasteiger partial charge in [-0.1, -0.05) is 180 Å². The summed E-state index contributed by atoms with van der Waals surface area (Å²) in [5, 5.41) is 4.04. The van der Waals surface area contributed by atoms with E-state index in [2.05, 4.69) is 140 Å². The van der Waals surface area contributed by atoms with Crippen LogP contribution < -0.4 is 5.32 Å². The smallest absolute Gasteiger partial charge is 0.0398 e. The van der Waals surface area contributed by atoms with E-state index in [9.17, 15) is 0 Å². The second-order valence-corrected chi connectivity index (χ2v) is 19.8. The Bertz CT molecular complexity index is 2130. The Morgan fingerprint density at radius 3 is 1.18 bits per heavy atom. The summed E-state index contributed by atoms with van der Waals surface area (Å²) in [6.07, 6.45) is 32.9. The van der Waals surface area contributed by atoms with Gasteiger partial charge >= 0.3 is 0 Å². The molecule has 0 unspecified atom stereocenters. The van der Waals surface area contributed by atoms with Crippen LogP contribution in [0, 0.1) is 0 Å². The maximum absolute atomic E-state index is 4.04. The number of rotatable bonds is 13. The Hall–Kier alpha value is -4.62. The van der Waals surface area contributed by atoms with Gasteiger partial charge < -0.3 is 5.32 Å². The lowest BCUT2D eigenvalue weighted by Crippen LogP contribution is -2.15. The summed E-state index contributed by atoms with van der Waals surface area (Å²) in [5.74, 6) is 2.89. The molecule has 4 aliphatic rings. The van der Waals surface area contributed by atoms with Crippen molar-refractivity contribution < 1.29 is 0 Å². The lowest BCUT2D eigenvalue weighted by atomic mass is 9.83. The van der Waals surface area contributed by atoms with Crippen LogP contribution in [0.1, 0.15) is 198 Å². The van der Waals surface area contributed by atoms with E-state index < -0.39 is 0 Å². The van der Waals surface area contributed by atoms with Crippen LogP contribution in [-0.4, -0.2) is 0 Å². The molecule has 9 rings (SSSR count). The van der Waals surface area contributed by atoms with Crippen molar-refractivity contribution in [2.24, 2.45) is 0 Å². The highest BCUT2D eigenvalue weighted by molar-refractivity contribution is 5.76. The molecule has 0 heterocycles. The van der Waals surface area contributed by atoms with E-state index >= 15 is 0 Å². The zero-order valence-corrected chi connectivity index (χ0v) is 38.0. The summed E-state index contributed by atoms with van der Waals surface area (Å²) in [6.45, 7) is 2.97. The fraction of sp³-hybridized carbons (Fsp3) is 0.443. The summed E-state index contributed by atoms with van der Waals surface area (Å²) in [5.41, 5.74) is 17.9. The Morgan fingerprint density at radius 1 is 0.419 bits per heavy atom. The van der Waals surface area contributed by atoms with E-state index in [1.165, 1.54) is 201 Å².